The SMILES string of the molecule is CC(C)Cc1cnn(C(C)(C)C)c1O. The first-order chi connectivity index (χ1) is 6.32. The van der Waals surface area contributed by atoms with Crippen LogP contribution in [0.5, 0.6) is 5.88 Å². The number of aromatic nitrogens is 2. The van der Waals surface area contributed by atoms with Gasteiger partial charge in [-0.25, -0.2) is 4.68 Å². The van der Waals surface area contributed by atoms with E-state index in [-0.39, 0.29) is 5.54 Å². The Kier molecular flexibility index (Phi) is 2.88. The number of hydrogen-bond donors (Lipinski definition) is 1. The number of nitrogens with zero attached hydrogens (tertiary/aromatic N) is 2. The Morgan fingerprint density at radius 1 is 1.43 bits per heavy atom. The summed E-state index contributed by atoms with van der Waals surface area (Å²) >= 11 is 0. The van der Waals surface area contributed by atoms with E-state index in [0.29, 0.717) is 11.8 Å². The zero-order valence-corrected chi connectivity index (χ0v) is 9.70. The van der Waals surface area contributed by atoms with Gasteiger partial charge in [0.1, 0.15) is 0 Å². The molecule has 0 fully saturated rings. The molecule has 3 nitrogen and oxygen atoms in total. The van der Waals surface area contributed by atoms with Crippen LogP contribution < -0.4 is 0 Å². The van der Waals surface area contributed by atoms with Crippen molar-refractivity contribution in [3.8, 4) is 5.88 Å². The molecule has 0 unspecified atom stereocenters. The quantitative estimate of drug-likeness (QED) is 0.789. The molecule has 14 heavy (non-hydrogen) atoms. The van der Waals surface area contributed by atoms with Crippen LogP contribution in [0.15, 0.2) is 6.20 Å². The van der Waals surface area contributed by atoms with Crippen molar-refractivity contribution in [1.82, 2.24) is 9.78 Å². The summed E-state index contributed by atoms with van der Waals surface area (Å²) in [4.78, 5) is 0. The molecular formula is C11H20N2O. The first kappa shape index (κ1) is 11.1. The van der Waals surface area contributed by atoms with E-state index in [1.807, 2.05) is 20.8 Å². The zero-order valence-electron chi connectivity index (χ0n) is 9.70. The fourth-order valence-corrected chi connectivity index (χ4v) is 1.45. The topological polar surface area (TPSA) is 38.0 Å². The van der Waals surface area contributed by atoms with Crippen LogP contribution in [0.1, 0.15) is 40.2 Å². The molecule has 3 heteroatoms. The molecule has 0 saturated carbocycles. The maximum atomic E-state index is 9.91. The molecule has 1 N–H and O–H groups in total. The van der Waals surface area contributed by atoms with E-state index in [9.17, 15) is 5.11 Å². The number of aromatic hydroxyl groups is 1. The highest BCUT2D eigenvalue weighted by atomic mass is 16.3. The molecule has 1 heterocycles. The van der Waals surface area contributed by atoms with Gasteiger partial charge in [-0.15, -0.1) is 0 Å². The van der Waals surface area contributed by atoms with Crippen molar-refractivity contribution in [3.05, 3.63) is 11.8 Å². The van der Waals surface area contributed by atoms with Gasteiger partial charge in [0.2, 0.25) is 5.88 Å². The molecule has 0 spiro atoms. The van der Waals surface area contributed by atoms with Crippen molar-refractivity contribution < 1.29 is 5.11 Å². The first-order valence-corrected chi connectivity index (χ1v) is 5.08. The van der Waals surface area contributed by atoms with Crippen molar-refractivity contribution in [2.45, 2.75) is 46.6 Å². The van der Waals surface area contributed by atoms with Crippen LogP contribution in [-0.4, -0.2) is 14.9 Å². The van der Waals surface area contributed by atoms with Crippen molar-refractivity contribution in [1.29, 1.82) is 0 Å². The molecule has 0 atom stereocenters. The molecular weight excluding hydrogens is 176 g/mol. The molecule has 0 amide bonds. The van der Waals surface area contributed by atoms with E-state index in [0.717, 1.165) is 12.0 Å². The average Bonchev–Trinajstić information content (AvgIpc) is 2.30. The van der Waals surface area contributed by atoms with Crippen molar-refractivity contribution >= 4 is 0 Å². The Morgan fingerprint density at radius 2 is 2.00 bits per heavy atom. The molecule has 0 aliphatic carbocycles. The average molecular weight is 196 g/mol. The summed E-state index contributed by atoms with van der Waals surface area (Å²) in [6.45, 7) is 10.3. The van der Waals surface area contributed by atoms with Crippen molar-refractivity contribution in [2.24, 2.45) is 5.92 Å². The first-order valence-electron chi connectivity index (χ1n) is 5.08. The van der Waals surface area contributed by atoms with E-state index >= 15 is 0 Å². The van der Waals surface area contributed by atoms with Crippen LogP contribution in [0.2, 0.25) is 0 Å². The van der Waals surface area contributed by atoms with Gasteiger partial charge in [-0.2, -0.15) is 5.10 Å². The minimum absolute atomic E-state index is 0.153. The van der Waals surface area contributed by atoms with Gasteiger partial charge in [0.25, 0.3) is 0 Å². The van der Waals surface area contributed by atoms with Crippen molar-refractivity contribution in [2.75, 3.05) is 0 Å². The Morgan fingerprint density at radius 3 is 2.36 bits per heavy atom. The minimum atomic E-state index is -0.153. The largest absolute Gasteiger partial charge is 0.493 e. The van der Waals surface area contributed by atoms with Crippen LogP contribution in [0, 0.1) is 5.92 Å². The summed E-state index contributed by atoms with van der Waals surface area (Å²) in [6, 6.07) is 0. The van der Waals surface area contributed by atoms with Gasteiger partial charge in [-0.3, -0.25) is 0 Å². The normalized spacial score (nSPS) is 12.4. The lowest BCUT2D eigenvalue weighted by molar-refractivity contribution is 0.292. The molecule has 1 rings (SSSR count). The second-order valence-corrected chi connectivity index (χ2v) is 5.17. The Balaban J connectivity index is 2.97. The smallest absolute Gasteiger partial charge is 0.213 e. The summed E-state index contributed by atoms with van der Waals surface area (Å²) in [7, 11) is 0. The van der Waals surface area contributed by atoms with Crippen molar-refractivity contribution in [3.63, 3.8) is 0 Å². The highest BCUT2D eigenvalue weighted by Gasteiger charge is 2.20. The predicted octanol–water partition coefficient (Wildman–Crippen LogP) is 2.54. The molecule has 0 radical (unpaired) electrons. The van der Waals surface area contributed by atoms with Crippen LogP contribution in [-0.2, 0) is 12.0 Å². The lowest BCUT2D eigenvalue weighted by atomic mass is 10.1. The number of rotatable bonds is 2. The van der Waals surface area contributed by atoms with Gasteiger partial charge in [0.05, 0.1) is 11.7 Å². The zero-order chi connectivity index (χ0) is 10.9. The van der Waals surface area contributed by atoms with Gasteiger partial charge in [0, 0.05) is 5.56 Å². The Hall–Kier alpha value is -0.990. The highest BCUT2D eigenvalue weighted by molar-refractivity contribution is 5.24. The summed E-state index contributed by atoms with van der Waals surface area (Å²) in [5.74, 6) is 0.852. The van der Waals surface area contributed by atoms with E-state index < -0.39 is 0 Å². The Labute approximate surface area is 85.8 Å². The summed E-state index contributed by atoms with van der Waals surface area (Å²) in [5.41, 5.74) is 0.786. The number of hydrogen-bond acceptors (Lipinski definition) is 2. The Bertz CT molecular complexity index is 308. The lowest BCUT2D eigenvalue weighted by Crippen LogP contribution is -2.22. The molecule has 0 aliphatic rings. The maximum absolute atomic E-state index is 9.91. The molecule has 0 bridgehead atoms. The monoisotopic (exact) mass is 196 g/mol. The van der Waals surface area contributed by atoms with Gasteiger partial charge < -0.3 is 5.11 Å². The third-order valence-electron chi connectivity index (χ3n) is 2.08. The molecule has 0 aliphatic heterocycles. The highest BCUT2D eigenvalue weighted by Crippen LogP contribution is 2.25. The van der Waals surface area contributed by atoms with Gasteiger partial charge in [-0.1, -0.05) is 13.8 Å². The molecule has 80 valence electrons. The van der Waals surface area contributed by atoms with Crippen LogP contribution in [0.25, 0.3) is 0 Å². The van der Waals surface area contributed by atoms with Crippen LogP contribution in [0.4, 0.5) is 0 Å². The fraction of sp³-hybridized carbons (Fsp3) is 0.727. The standard InChI is InChI=1S/C11H20N2O/c1-8(2)6-9-7-12-13(10(9)14)11(3,4)5/h7-8,14H,6H2,1-5H3. The van der Waals surface area contributed by atoms with E-state index in [1.54, 1.807) is 10.9 Å². The van der Waals surface area contributed by atoms with Crippen LogP contribution >= 0.6 is 0 Å². The van der Waals surface area contributed by atoms with Gasteiger partial charge >= 0.3 is 0 Å². The molecule has 0 aromatic carbocycles. The third kappa shape index (κ3) is 2.28. The minimum Gasteiger partial charge on any atom is -0.493 e. The lowest BCUT2D eigenvalue weighted by Gasteiger charge is -2.20. The summed E-state index contributed by atoms with van der Waals surface area (Å²) < 4.78 is 1.67. The fourth-order valence-electron chi connectivity index (χ4n) is 1.45. The van der Waals surface area contributed by atoms with Gasteiger partial charge in [0.15, 0.2) is 0 Å². The van der Waals surface area contributed by atoms with E-state index in [1.165, 1.54) is 0 Å². The van der Waals surface area contributed by atoms with E-state index in [4.69, 9.17) is 0 Å². The molecule has 1 aromatic rings. The van der Waals surface area contributed by atoms with Gasteiger partial charge in [-0.05, 0) is 33.1 Å². The summed E-state index contributed by atoms with van der Waals surface area (Å²) in [6.07, 6.45) is 2.64. The maximum Gasteiger partial charge on any atom is 0.213 e. The summed E-state index contributed by atoms with van der Waals surface area (Å²) in [5, 5.41) is 14.1. The second-order valence-electron chi connectivity index (χ2n) is 5.17. The molecule has 0 saturated heterocycles. The third-order valence-corrected chi connectivity index (χ3v) is 2.08. The molecule has 1 aromatic heterocycles. The predicted molar refractivity (Wildman–Crippen MR) is 57.4 cm³/mol. The van der Waals surface area contributed by atoms with Crippen LogP contribution in [0.3, 0.4) is 0 Å². The second kappa shape index (κ2) is 3.64. The van der Waals surface area contributed by atoms with E-state index in [2.05, 4.69) is 18.9 Å².